The Morgan fingerprint density at radius 2 is 2.03 bits per heavy atom. The number of pyridine rings is 1. The standard InChI is InChI=1S/C24H36N4O3/c1-15(2)20-14-28(23(29)31-24(3,4)5)10-9-27(20)13-17-11-18-19(16-7-8-16)12-25-22(30-6)21(18)26-17/h11-12,15-16,20,26H,7-10,13-14H2,1-6H3/t20-/m1/s1. The van der Waals surface area contributed by atoms with E-state index in [1.165, 1.54) is 29.5 Å². The summed E-state index contributed by atoms with van der Waals surface area (Å²) in [5.41, 5.74) is 3.02. The summed E-state index contributed by atoms with van der Waals surface area (Å²) in [5, 5.41) is 1.23. The van der Waals surface area contributed by atoms with Crippen LogP contribution in [0, 0.1) is 5.92 Å². The maximum atomic E-state index is 12.6. The molecule has 1 amide bonds. The minimum Gasteiger partial charge on any atom is -0.479 e. The minimum atomic E-state index is -0.474. The number of piperazine rings is 1. The molecule has 1 saturated heterocycles. The number of carbonyl (C=O) groups is 1. The van der Waals surface area contributed by atoms with Crippen LogP contribution in [0.2, 0.25) is 0 Å². The fourth-order valence-corrected chi connectivity index (χ4v) is 4.52. The van der Waals surface area contributed by atoms with Crippen LogP contribution in [-0.2, 0) is 11.3 Å². The first-order valence-electron chi connectivity index (χ1n) is 11.4. The number of hydrogen-bond donors (Lipinski definition) is 1. The summed E-state index contributed by atoms with van der Waals surface area (Å²) in [6.45, 7) is 13.2. The highest BCUT2D eigenvalue weighted by molar-refractivity contribution is 5.88. The van der Waals surface area contributed by atoms with E-state index in [-0.39, 0.29) is 12.1 Å². The number of nitrogens with one attached hydrogen (secondary N) is 1. The van der Waals surface area contributed by atoms with Crippen molar-refractivity contribution in [3.05, 3.63) is 23.5 Å². The highest BCUT2D eigenvalue weighted by Crippen LogP contribution is 2.44. The van der Waals surface area contributed by atoms with Gasteiger partial charge in [0, 0.05) is 49.5 Å². The summed E-state index contributed by atoms with van der Waals surface area (Å²) >= 11 is 0. The van der Waals surface area contributed by atoms with Crippen molar-refractivity contribution < 1.29 is 14.3 Å². The number of aromatic nitrogens is 2. The van der Waals surface area contributed by atoms with E-state index in [4.69, 9.17) is 9.47 Å². The Kier molecular flexibility index (Phi) is 5.90. The second-order valence-corrected chi connectivity index (χ2v) is 10.3. The first-order valence-corrected chi connectivity index (χ1v) is 11.4. The number of fused-ring (bicyclic) bond motifs is 1. The lowest BCUT2D eigenvalue weighted by Gasteiger charge is -2.43. The van der Waals surface area contributed by atoms with Crippen LogP contribution < -0.4 is 4.74 Å². The maximum absolute atomic E-state index is 12.6. The summed E-state index contributed by atoms with van der Waals surface area (Å²) < 4.78 is 11.1. The predicted octanol–water partition coefficient (Wildman–Crippen LogP) is 4.53. The molecule has 4 rings (SSSR count). The van der Waals surface area contributed by atoms with E-state index in [1.807, 2.05) is 31.9 Å². The van der Waals surface area contributed by atoms with Crippen LogP contribution in [0.5, 0.6) is 5.88 Å². The highest BCUT2D eigenvalue weighted by atomic mass is 16.6. The van der Waals surface area contributed by atoms with Crippen LogP contribution in [-0.4, -0.2) is 64.2 Å². The average molecular weight is 429 g/mol. The molecule has 31 heavy (non-hydrogen) atoms. The number of aromatic amines is 1. The molecule has 2 aromatic rings. The van der Waals surface area contributed by atoms with Gasteiger partial charge >= 0.3 is 6.09 Å². The molecule has 0 aromatic carbocycles. The van der Waals surface area contributed by atoms with Gasteiger partial charge in [0.2, 0.25) is 5.88 Å². The number of amides is 1. The Balaban J connectivity index is 1.53. The maximum Gasteiger partial charge on any atom is 0.410 e. The molecule has 170 valence electrons. The number of rotatable bonds is 5. The predicted molar refractivity (Wildman–Crippen MR) is 121 cm³/mol. The van der Waals surface area contributed by atoms with Crippen molar-refractivity contribution in [2.24, 2.45) is 5.92 Å². The Bertz CT molecular complexity index is 942. The second kappa shape index (κ2) is 8.34. The van der Waals surface area contributed by atoms with E-state index in [1.54, 1.807) is 7.11 Å². The molecule has 1 aliphatic heterocycles. The van der Waals surface area contributed by atoms with Crippen molar-refractivity contribution in [2.75, 3.05) is 26.7 Å². The van der Waals surface area contributed by atoms with Crippen molar-refractivity contribution >= 4 is 17.0 Å². The van der Waals surface area contributed by atoms with Gasteiger partial charge in [0.25, 0.3) is 0 Å². The van der Waals surface area contributed by atoms with Crippen molar-refractivity contribution in [3.8, 4) is 5.88 Å². The lowest BCUT2D eigenvalue weighted by Crippen LogP contribution is -2.56. The van der Waals surface area contributed by atoms with Gasteiger partial charge in [0.1, 0.15) is 11.1 Å². The summed E-state index contributed by atoms with van der Waals surface area (Å²) in [4.78, 5) is 25.0. The van der Waals surface area contributed by atoms with Crippen molar-refractivity contribution in [1.82, 2.24) is 19.8 Å². The molecule has 1 aliphatic carbocycles. The van der Waals surface area contributed by atoms with E-state index in [2.05, 4.69) is 34.8 Å². The van der Waals surface area contributed by atoms with Gasteiger partial charge in [-0.1, -0.05) is 13.8 Å². The topological polar surface area (TPSA) is 70.7 Å². The number of hydrogen-bond acceptors (Lipinski definition) is 5. The molecule has 7 nitrogen and oxygen atoms in total. The molecule has 0 spiro atoms. The van der Waals surface area contributed by atoms with Crippen molar-refractivity contribution in [1.29, 1.82) is 0 Å². The number of methoxy groups -OCH3 is 1. The number of nitrogens with zero attached hydrogens (tertiary/aromatic N) is 3. The third kappa shape index (κ3) is 4.81. The Hall–Kier alpha value is -2.28. The Labute approximate surface area is 185 Å². The van der Waals surface area contributed by atoms with E-state index in [0.717, 1.165) is 18.6 Å². The minimum absolute atomic E-state index is 0.215. The quantitative estimate of drug-likeness (QED) is 0.758. The summed E-state index contributed by atoms with van der Waals surface area (Å²) in [7, 11) is 1.67. The van der Waals surface area contributed by atoms with Gasteiger partial charge in [-0.15, -0.1) is 0 Å². The van der Waals surface area contributed by atoms with Gasteiger partial charge in [-0.3, -0.25) is 4.90 Å². The second-order valence-electron chi connectivity index (χ2n) is 10.3. The van der Waals surface area contributed by atoms with E-state index >= 15 is 0 Å². The fourth-order valence-electron chi connectivity index (χ4n) is 4.52. The van der Waals surface area contributed by atoms with Gasteiger partial charge in [-0.05, 0) is 57.1 Å². The van der Waals surface area contributed by atoms with Crippen LogP contribution in [0.1, 0.15) is 64.6 Å². The zero-order valence-electron chi connectivity index (χ0n) is 19.7. The lowest BCUT2D eigenvalue weighted by molar-refractivity contribution is -0.00446. The highest BCUT2D eigenvalue weighted by Gasteiger charge is 2.34. The SMILES string of the molecule is COc1ncc(C2CC2)c2cc(CN3CCN(C(=O)OC(C)(C)C)C[C@@H]3C(C)C)[nH]c12. The van der Waals surface area contributed by atoms with Crippen LogP contribution >= 0.6 is 0 Å². The first-order chi connectivity index (χ1) is 14.7. The summed E-state index contributed by atoms with van der Waals surface area (Å²) in [5.74, 6) is 1.71. The molecule has 1 N–H and O–H groups in total. The van der Waals surface area contributed by atoms with Crippen molar-refractivity contribution in [3.63, 3.8) is 0 Å². The molecule has 2 aromatic heterocycles. The zero-order valence-corrected chi connectivity index (χ0v) is 19.7. The number of ether oxygens (including phenoxy) is 2. The number of carbonyl (C=O) groups excluding carboxylic acids is 1. The lowest BCUT2D eigenvalue weighted by atomic mass is 9.99. The monoisotopic (exact) mass is 428 g/mol. The van der Waals surface area contributed by atoms with Gasteiger partial charge in [-0.2, -0.15) is 0 Å². The summed E-state index contributed by atoms with van der Waals surface area (Å²) in [6, 6.07) is 2.54. The van der Waals surface area contributed by atoms with Crippen LogP contribution in [0.4, 0.5) is 4.79 Å². The number of H-pyrrole nitrogens is 1. The normalized spacial score (nSPS) is 20.5. The molecule has 0 unspecified atom stereocenters. The van der Waals surface area contributed by atoms with Crippen LogP contribution in [0.15, 0.2) is 12.3 Å². The molecule has 2 fully saturated rings. The fraction of sp³-hybridized carbons (Fsp3) is 0.667. The Morgan fingerprint density at radius 3 is 2.65 bits per heavy atom. The zero-order chi connectivity index (χ0) is 22.3. The molecular formula is C24H36N4O3. The smallest absolute Gasteiger partial charge is 0.410 e. The van der Waals surface area contributed by atoms with Gasteiger partial charge in [-0.25, -0.2) is 9.78 Å². The van der Waals surface area contributed by atoms with E-state index < -0.39 is 5.60 Å². The third-order valence-corrected chi connectivity index (χ3v) is 6.26. The third-order valence-electron chi connectivity index (χ3n) is 6.26. The molecule has 0 radical (unpaired) electrons. The largest absolute Gasteiger partial charge is 0.479 e. The molecule has 3 heterocycles. The van der Waals surface area contributed by atoms with Gasteiger partial charge in [0.15, 0.2) is 0 Å². The van der Waals surface area contributed by atoms with Gasteiger partial charge < -0.3 is 19.4 Å². The van der Waals surface area contributed by atoms with E-state index in [9.17, 15) is 4.79 Å². The van der Waals surface area contributed by atoms with E-state index in [0.29, 0.717) is 30.8 Å². The van der Waals surface area contributed by atoms with Crippen LogP contribution in [0.25, 0.3) is 10.9 Å². The molecular weight excluding hydrogens is 392 g/mol. The van der Waals surface area contributed by atoms with Gasteiger partial charge in [0.05, 0.1) is 7.11 Å². The molecule has 1 saturated carbocycles. The average Bonchev–Trinajstić information content (AvgIpc) is 3.45. The molecule has 7 heteroatoms. The Morgan fingerprint density at radius 1 is 1.29 bits per heavy atom. The summed E-state index contributed by atoms with van der Waals surface area (Å²) in [6.07, 6.45) is 4.25. The first kappa shape index (κ1) is 21.9. The van der Waals surface area contributed by atoms with Crippen molar-refractivity contribution in [2.45, 2.75) is 71.6 Å². The molecule has 2 aliphatic rings. The van der Waals surface area contributed by atoms with Crippen LogP contribution in [0.3, 0.4) is 0 Å². The molecule has 1 atom stereocenters. The molecule has 0 bridgehead atoms.